The highest BCUT2D eigenvalue weighted by atomic mass is 16.3. The van der Waals surface area contributed by atoms with E-state index in [0.717, 1.165) is 6.42 Å². The number of benzene rings is 1. The van der Waals surface area contributed by atoms with Crippen LogP contribution in [0.15, 0.2) is 24.3 Å². The van der Waals surface area contributed by atoms with Crippen molar-refractivity contribution in [2.45, 2.75) is 31.8 Å². The number of urea groups is 1. The molecule has 18 heavy (non-hydrogen) atoms. The molecular formula is C14H20N2O2. The molecule has 0 bridgehead atoms. The fourth-order valence-electron chi connectivity index (χ4n) is 2.34. The van der Waals surface area contributed by atoms with Crippen molar-refractivity contribution < 1.29 is 9.90 Å². The summed E-state index contributed by atoms with van der Waals surface area (Å²) in [6.07, 6.45) is 2.12. The molecule has 1 aliphatic rings. The topological polar surface area (TPSA) is 61.4 Å². The van der Waals surface area contributed by atoms with Gasteiger partial charge in [-0.1, -0.05) is 31.2 Å². The second-order valence-electron chi connectivity index (χ2n) is 4.96. The van der Waals surface area contributed by atoms with Crippen LogP contribution in [0.1, 0.15) is 24.5 Å². The van der Waals surface area contributed by atoms with E-state index >= 15 is 0 Å². The number of nitrogens with one attached hydrogen (secondary N) is 2. The summed E-state index contributed by atoms with van der Waals surface area (Å²) in [6.45, 7) is 2.95. The molecule has 2 amide bonds. The Bertz CT molecular complexity index is 407. The lowest BCUT2D eigenvalue weighted by molar-refractivity contribution is 0.0536. The molecule has 0 aliphatic heterocycles. The van der Waals surface area contributed by atoms with Crippen molar-refractivity contribution in [1.82, 2.24) is 10.6 Å². The molecule has 98 valence electrons. The van der Waals surface area contributed by atoms with Gasteiger partial charge in [-0.3, -0.25) is 0 Å². The first-order chi connectivity index (χ1) is 8.63. The lowest BCUT2D eigenvalue weighted by atomic mass is 10.0. The number of carbonyl (C=O) groups excluding carboxylic acids is 1. The van der Waals surface area contributed by atoms with E-state index in [1.54, 1.807) is 0 Å². The summed E-state index contributed by atoms with van der Waals surface area (Å²) in [7, 11) is 0. The maximum absolute atomic E-state index is 11.4. The monoisotopic (exact) mass is 248 g/mol. The lowest BCUT2D eigenvalue weighted by Crippen LogP contribution is -2.47. The van der Waals surface area contributed by atoms with Crippen LogP contribution in [0.2, 0.25) is 0 Å². The third kappa shape index (κ3) is 3.01. The van der Waals surface area contributed by atoms with Gasteiger partial charge in [0.15, 0.2) is 0 Å². The zero-order valence-electron chi connectivity index (χ0n) is 10.7. The minimum Gasteiger partial charge on any atom is -0.387 e. The van der Waals surface area contributed by atoms with Gasteiger partial charge >= 0.3 is 6.03 Å². The molecular weight excluding hydrogens is 228 g/mol. The fraction of sp³-hybridized carbons (Fsp3) is 0.500. The molecule has 1 aromatic rings. The summed E-state index contributed by atoms with van der Waals surface area (Å²) in [5, 5.41) is 15.9. The fourth-order valence-corrected chi connectivity index (χ4v) is 2.34. The van der Waals surface area contributed by atoms with E-state index in [2.05, 4.69) is 10.6 Å². The molecule has 0 radical (unpaired) electrons. The van der Waals surface area contributed by atoms with Crippen LogP contribution in [0.4, 0.5) is 4.79 Å². The van der Waals surface area contributed by atoms with Gasteiger partial charge in [0.05, 0.1) is 5.60 Å². The summed E-state index contributed by atoms with van der Waals surface area (Å²) in [4.78, 5) is 11.4. The first kappa shape index (κ1) is 12.9. The molecule has 4 heteroatoms. The summed E-state index contributed by atoms with van der Waals surface area (Å²) in [5.74, 6) is 0. The molecule has 2 rings (SSSR count). The van der Waals surface area contributed by atoms with Crippen molar-refractivity contribution in [3.05, 3.63) is 35.4 Å². The summed E-state index contributed by atoms with van der Waals surface area (Å²) in [6, 6.07) is 7.81. The molecule has 0 aromatic heterocycles. The van der Waals surface area contributed by atoms with E-state index in [4.69, 9.17) is 0 Å². The van der Waals surface area contributed by atoms with Crippen molar-refractivity contribution in [3.63, 3.8) is 0 Å². The van der Waals surface area contributed by atoms with Crippen LogP contribution >= 0.6 is 0 Å². The van der Waals surface area contributed by atoms with Gasteiger partial charge in [0.2, 0.25) is 0 Å². The first-order valence-corrected chi connectivity index (χ1v) is 6.44. The van der Waals surface area contributed by atoms with E-state index in [1.807, 2.05) is 31.2 Å². The summed E-state index contributed by atoms with van der Waals surface area (Å²) in [5.41, 5.74) is 1.51. The standard InChI is InChI=1S/C14H20N2O2/c1-2-7-15-13(17)16-10-14(18)8-11-5-3-4-6-12(11)9-14/h3-6,18H,2,7-10H2,1H3,(H2,15,16,17). The van der Waals surface area contributed by atoms with Crippen molar-refractivity contribution >= 4 is 6.03 Å². The molecule has 0 saturated heterocycles. The van der Waals surface area contributed by atoms with Gasteiger partial charge in [-0.25, -0.2) is 4.79 Å². The molecule has 4 nitrogen and oxygen atoms in total. The van der Waals surface area contributed by atoms with Gasteiger partial charge in [0.1, 0.15) is 0 Å². The number of fused-ring (bicyclic) bond motifs is 1. The van der Waals surface area contributed by atoms with Crippen LogP contribution in [0.3, 0.4) is 0 Å². The van der Waals surface area contributed by atoms with Crippen LogP contribution < -0.4 is 10.6 Å². The van der Waals surface area contributed by atoms with Gasteiger partial charge in [-0.05, 0) is 17.5 Å². The largest absolute Gasteiger partial charge is 0.387 e. The van der Waals surface area contributed by atoms with Crippen LogP contribution in [-0.4, -0.2) is 29.8 Å². The zero-order valence-corrected chi connectivity index (χ0v) is 10.7. The SMILES string of the molecule is CCCNC(=O)NCC1(O)Cc2ccccc2C1. The zero-order chi connectivity index (χ0) is 13.0. The second-order valence-corrected chi connectivity index (χ2v) is 4.96. The number of aliphatic hydroxyl groups is 1. The smallest absolute Gasteiger partial charge is 0.314 e. The molecule has 0 unspecified atom stereocenters. The van der Waals surface area contributed by atoms with Gasteiger partial charge in [-0.2, -0.15) is 0 Å². The molecule has 3 N–H and O–H groups in total. The van der Waals surface area contributed by atoms with Crippen molar-refractivity contribution in [2.24, 2.45) is 0 Å². The second kappa shape index (κ2) is 5.40. The van der Waals surface area contributed by atoms with E-state index < -0.39 is 5.60 Å². The summed E-state index contributed by atoms with van der Waals surface area (Å²) < 4.78 is 0. The normalized spacial score (nSPS) is 16.1. The quantitative estimate of drug-likeness (QED) is 0.750. The highest BCUT2D eigenvalue weighted by molar-refractivity contribution is 5.73. The third-order valence-electron chi connectivity index (χ3n) is 3.27. The lowest BCUT2D eigenvalue weighted by Gasteiger charge is -2.22. The van der Waals surface area contributed by atoms with E-state index in [1.165, 1.54) is 11.1 Å². The molecule has 0 atom stereocenters. The van der Waals surface area contributed by atoms with Crippen LogP contribution in [0.25, 0.3) is 0 Å². The minimum absolute atomic E-state index is 0.207. The van der Waals surface area contributed by atoms with E-state index in [0.29, 0.717) is 19.4 Å². The van der Waals surface area contributed by atoms with Gasteiger partial charge in [-0.15, -0.1) is 0 Å². The Morgan fingerprint density at radius 3 is 2.44 bits per heavy atom. The predicted octanol–water partition coefficient (Wildman–Crippen LogP) is 1.23. The van der Waals surface area contributed by atoms with Crippen LogP contribution in [0.5, 0.6) is 0 Å². The number of carbonyl (C=O) groups is 1. The van der Waals surface area contributed by atoms with Gasteiger partial charge < -0.3 is 15.7 Å². The first-order valence-electron chi connectivity index (χ1n) is 6.44. The molecule has 1 aromatic carbocycles. The minimum atomic E-state index is -0.840. The summed E-state index contributed by atoms with van der Waals surface area (Å²) >= 11 is 0. The van der Waals surface area contributed by atoms with E-state index in [-0.39, 0.29) is 12.6 Å². The average Bonchev–Trinajstić information content (AvgIpc) is 2.70. The third-order valence-corrected chi connectivity index (χ3v) is 3.27. The maximum Gasteiger partial charge on any atom is 0.314 e. The van der Waals surface area contributed by atoms with Crippen molar-refractivity contribution in [2.75, 3.05) is 13.1 Å². The van der Waals surface area contributed by atoms with Gasteiger partial charge in [0.25, 0.3) is 0 Å². The number of rotatable bonds is 4. The highest BCUT2D eigenvalue weighted by Crippen LogP contribution is 2.29. The van der Waals surface area contributed by atoms with Crippen LogP contribution in [0, 0.1) is 0 Å². The molecule has 0 saturated carbocycles. The Balaban J connectivity index is 1.86. The number of amides is 2. The average molecular weight is 248 g/mol. The molecule has 0 fully saturated rings. The maximum atomic E-state index is 11.4. The molecule has 0 heterocycles. The highest BCUT2D eigenvalue weighted by Gasteiger charge is 2.35. The molecule has 1 aliphatic carbocycles. The predicted molar refractivity (Wildman–Crippen MR) is 70.5 cm³/mol. The number of hydrogen-bond acceptors (Lipinski definition) is 2. The number of hydrogen-bond donors (Lipinski definition) is 3. The van der Waals surface area contributed by atoms with E-state index in [9.17, 15) is 9.90 Å². The Morgan fingerprint density at radius 1 is 1.28 bits per heavy atom. The van der Waals surface area contributed by atoms with Gasteiger partial charge in [0, 0.05) is 25.9 Å². The molecule has 0 spiro atoms. The van der Waals surface area contributed by atoms with Crippen molar-refractivity contribution in [1.29, 1.82) is 0 Å². The Hall–Kier alpha value is -1.55. The van der Waals surface area contributed by atoms with Crippen molar-refractivity contribution in [3.8, 4) is 0 Å². The Kier molecular flexibility index (Phi) is 3.87. The Labute approximate surface area is 107 Å². The Morgan fingerprint density at radius 2 is 1.89 bits per heavy atom. The van der Waals surface area contributed by atoms with Crippen LogP contribution in [-0.2, 0) is 12.8 Å².